The van der Waals surface area contributed by atoms with Crippen molar-refractivity contribution in [2.24, 2.45) is 0 Å². The minimum atomic E-state index is -1.70. The third kappa shape index (κ3) is 3.27. The molecule has 0 spiro atoms. The molecule has 106 valence electrons. The van der Waals surface area contributed by atoms with Crippen LogP contribution in [-0.2, 0) is 9.16 Å². The predicted molar refractivity (Wildman–Crippen MR) is 81.8 cm³/mol. The summed E-state index contributed by atoms with van der Waals surface area (Å²) in [5, 5.41) is 0.248. The van der Waals surface area contributed by atoms with Crippen molar-refractivity contribution in [2.75, 3.05) is 0 Å². The van der Waals surface area contributed by atoms with Crippen LogP contribution in [-0.4, -0.2) is 20.5 Å². The molecule has 0 saturated carbocycles. The Kier molecular flexibility index (Phi) is 3.91. The Morgan fingerprint density at radius 1 is 1.16 bits per heavy atom. The fraction of sp³-hybridized carbons (Fsp3) is 0.625. The normalized spacial score (nSPS) is 25.2. The summed E-state index contributed by atoms with van der Waals surface area (Å²) in [7, 11) is -1.70. The quantitative estimate of drug-likeness (QED) is 0.596. The van der Waals surface area contributed by atoms with Crippen molar-refractivity contribution in [1.82, 2.24) is 0 Å². The van der Waals surface area contributed by atoms with Crippen LogP contribution in [0, 0.1) is 0 Å². The van der Waals surface area contributed by atoms with Gasteiger partial charge in [0.1, 0.15) is 12.2 Å². The summed E-state index contributed by atoms with van der Waals surface area (Å²) in [6.45, 7) is 13.6. The van der Waals surface area contributed by atoms with Crippen molar-refractivity contribution < 1.29 is 9.16 Å². The molecular formula is C16H26O2Si. The first-order valence-electron chi connectivity index (χ1n) is 7.10. The average molecular weight is 278 g/mol. The molecule has 3 heteroatoms. The topological polar surface area (TPSA) is 21.8 Å². The van der Waals surface area contributed by atoms with Crippen molar-refractivity contribution in [3.8, 4) is 0 Å². The van der Waals surface area contributed by atoms with Gasteiger partial charge in [0.25, 0.3) is 0 Å². The van der Waals surface area contributed by atoms with E-state index in [2.05, 4.69) is 65.1 Å². The van der Waals surface area contributed by atoms with Crippen molar-refractivity contribution in [1.29, 1.82) is 0 Å². The van der Waals surface area contributed by atoms with E-state index >= 15 is 0 Å². The average Bonchev–Trinajstić information content (AvgIpc) is 3.08. The summed E-state index contributed by atoms with van der Waals surface area (Å²) in [6.07, 6.45) is 0.614. The largest absolute Gasteiger partial charge is 0.411 e. The first-order valence-corrected chi connectivity index (χ1v) is 10.0. The van der Waals surface area contributed by atoms with Gasteiger partial charge in [0, 0.05) is 0 Å². The Morgan fingerprint density at radius 2 is 1.74 bits per heavy atom. The maximum atomic E-state index is 6.39. The zero-order valence-corrected chi connectivity index (χ0v) is 13.9. The lowest BCUT2D eigenvalue weighted by atomic mass is 10.1. The number of ether oxygens (including phenoxy) is 1. The van der Waals surface area contributed by atoms with E-state index in [1.807, 2.05) is 6.07 Å². The van der Waals surface area contributed by atoms with E-state index in [1.165, 1.54) is 5.56 Å². The molecule has 0 aliphatic carbocycles. The number of rotatable bonds is 4. The Hall–Kier alpha value is -0.643. The van der Waals surface area contributed by atoms with Gasteiger partial charge in [0.15, 0.2) is 8.32 Å². The molecule has 1 fully saturated rings. The summed E-state index contributed by atoms with van der Waals surface area (Å²) < 4.78 is 12.2. The minimum Gasteiger partial charge on any atom is -0.411 e. The van der Waals surface area contributed by atoms with E-state index in [9.17, 15) is 0 Å². The molecule has 1 unspecified atom stereocenters. The zero-order valence-electron chi connectivity index (χ0n) is 12.9. The first kappa shape index (κ1) is 14.8. The summed E-state index contributed by atoms with van der Waals surface area (Å²) in [5.41, 5.74) is 1.26. The Bertz CT molecular complexity index is 422. The fourth-order valence-corrected chi connectivity index (χ4v) is 3.52. The van der Waals surface area contributed by atoms with Gasteiger partial charge in [-0.1, -0.05) is 51.1 Å². The monoisotopic (exact) mass is 278 g/mol. The van der Waals surface area contributed by atoms with Crippen LogP contribution in [0.2, 0.25) is 18.1 Å². The molecule has 1 aliphatic heterocycles. The van der Waals surface area contributed by atoms with Gasteiger partial charge in [0.05, 0.1) is 6.10 Å². The Morgan fingerprint density at radius 3 is 2.26 bits per heavy atom. The molecule has 19 heavy (non-hydrogen) atoms. The van der Waals surface area contributed by atoms with E-state index in [0.29, 0.717) is 0 Å². The molecule has 3 atom stereocenters. The van der Waals surface area contributed by atoms with E-state index in [0.717, 1.165) is 0 Å². The smallest absolute Gasteiger partial charge is 0.192 e. The van der Waals surface area contributed by atoms with Crippen LogP contribution < -0.4 is 0 Å². The van der Waals surface area contributed by atoms with Gasteiger partial charge in [-0.25, -0.2) is 0 Å². The fourth-order valence-electron chi connectivity index (χ4n) is 2.10. The molecular weight excluding hydrogens is 252 g/mol. The molecule has 1 aromatic rings. The molecule has 0 bridgehead atoms. The van der Waals surface area contributed by atoms with Gasteiger partial charge in [-0.05, 0) is 30.6 Å². The first-order chi connectivity index (χ1) is 8.72. The van der Waals surface area contributed by atoms with Crippen LogP contribution in [0.15, 0.2) is 30.3 Å². The van der Waals surface area contributed by atoms with Crippen LogP contribution in [0.5, 0.6) is 0 Å². The minimum absolute atomic E-state index is 0.172. The van der Waals surface area contributed by atoms with Crippen molar-refractivity contribution in [2.45, 2.75) is 64.1 Å². The zero-order chi connectivity index (χ0) is 14.3. The molecule has 0 radical (unpaired) electrons. The lowest BCUT2D eigenvalue weighted by molar-refractivity contribution is 0.159. The maximum Gasteiger partial charge on any atom is 0.192 e. The van der Waals surface area contributed by atoms with Crippen molar-refractivity contribution in [3.63, 3.8) is 0 Å². The van der Waals surface area contributed by atoms with E-state index in [1.54, 1.807) is 0 Å². The van der Waals surface area contributed by atoms with E-state index in [-0.39, 0.29) is 23.4 Å². The van der Waals surface area contributed by atoms with Gasteiger partial charge in [-0.2, -0.15) is 0 Å². The number of hydrogen-bond acceptors (Lipinski definition) is 2. The standard InChI is InChI=1S/C16H26O2Si/c1-12(18-19(5,6)16(2,3)4)14-15(17-14)13-10-8-7-9-11-13/h7-12,14-15H,1-6H3/t12?,14-,15-/m0/s1. The number of hydrogen-bond donors (Lipinski definition) is 0. The molecule has 0 aromatic heterocycles. The van der Waals surface area contributed by atoms with Gasteiger partial charge >= 0.3 is 0 Å². The summed E-state index contributed by atoms with van der Waals surface area (Å²) in [5.74, 6) is 0. The third-order valence-corrected chi connectivity index (χ3v) is 8.98. The molecule has 1 aromatic carbocycles. The van der Waals surface area contributed by atoms with Gasteiger partial charge in [-0.3, -0.25) is 0 Å². The Balaban J connectivity index is 1.95. The highest BCUT2D eigenvalue weighted by Gasteiger charge is 2.48. The lowest BCUT2D eigenvalue weighted by Crippen LogP contribution is -2.44. The molecule has 0 amide bonds. The molecule has 1 aliphatic rings. The second kappa shape index (κ2) is 5.04. The highest BCUT2D eigenvalue weighted by Crippen LogP contribution is 2.44. The highest BCUT2D eigenvalue weighted by molar-refractivity contribution is 6.74. The third-order valence-electron chi connectivity index (χ3n) is 4.40. The van der Waals surface area contributed by atoms with Crippen molar-refractivity contribution in [3.05, 3.63) is 35.9 Å². The van der Waals surface area contributed by atoms with E-state index in [4.69, 9.17) is 9.16 Å². The van der Waals surface area contributed by atoms with Gasteiger partial charge < -0.3 is 9.16 Å². The SMILES string of the molecule is CC(O[Si](C)(C)C(C)(C)C)[C@@H]1O[C@H]1c1ccccc1. The van der Waals surface area contributed by atoms with E-state index < -0.39 is 8.32 Å². The predicted octanol–water partition coefficient (Wildman–Crippen LogP) is 4.54. The summed E-state index contributed by atoms with van der Waals surface area (Å²) >= 11 is 0. The Labute approximate surface area is 118 Å². The molecule has 2 nitrogen and oxygen atoms in total. The molecule has 1 saturated heterocycles. The van der Waals surface area contributed by atoms with Crippen molar-refractivity contribution >= 4 is 8.32 Å². The van der Waals surface area contributed by atoms with Crippen LogP contribution in [0.3, 0.4) is 0 Å². The van der Waals surface area contributed by atoms with Crippen LogP contribution >= 0.6 is 0 Å². The maximum absolute atomic E-state index is 6.39. The summed E-state index contributed by atoms with van der Waals surface area (Å²) in [4.78, 5) is 0. The van der Waals surface area contributed by atoms with Crippen LogP contribution in [0.1, 0.15) is 39.4 Å². The van der Waals surface area contributed by atoms with Crippen LogP contribution in [0.25, 0.3) is 0 Å². The lowest BCUT2D eigenvalue weighted by Gasteiger charge is -2.38. The van der Waals surface area contributed by atoms with Gasteiger partial charge in [-0.15, -0.1) is 0 Å². The molecule has 0 N–H and O–H groups in total. The molecule has 2 rings (SSSR count). The summed E-state index contributed by atoms with van der Waals surface area (Å²) in [6, 6.07) is 10.4. The number of epoxide rings is 1. The number of benzene rings is 1. The second-order valence-electron chi connectivity index (χ2n) is 7.02. The van der Waals surface area contributed by atoms with Crippen LogP contribution in [0.4, 0.5) is 0 Å². The van der Waals surface area contributed by atoms with Gasteiger partial charge in [0.2, 0.25) is 0 Å². The second-order valence-corrected chi connectivity index (χ2v) is 11.8. The molecule has 1 heterocycles. The highest BCUT2D eigenvalue weighted by atomic mass is 28.4.